The molecular weight excluding hydrogens is 252 g/mol. The second-order valence-electron chi connectivity index (χ2n) is 5.21. The van der Waals surface area contributed by atoms with Gasteiger partial charge in [-0.2, -0.15) is 0 Å². The molecule has 2 aromatic rings. The molecule has 0 aliphatic carbocycles. The van der Waals surface area contributed by atoms with Gasteiger partial charge in [0.1, 0.15) is 0 Å². The summed E-state index contributed by atoms with van der Waals surface area (Å²) in [5.74, 6) is 0.499. The molecule has 0 aliphatic heterocycles. The molecule has 0 radical (unpaired) electrons. The van der Waals surface area contributed by atoms with Gasteiger partial charge in [0.05, 0.1) is 10.7 Å². The first-order chi connectivity index (χ1) is 9.11. The Hall–Kier alpha value is -1.19. The first-order valence-electron chi connectivity index (χ1n) is 6.92. The summed E-state index contributed by atoms with van der Waals surface area (Å²) in [6, 6.07) is 10.6. The maximum Gasteiger partial charge on any atom is 0.0951 e. The molecule has 102 valence electrons. The molecule has 1 aromatic carbocycles. The van der Waals surface area contributed by atoms with Crippen LogP contribution >= 0.6 is 11.3 Å². The van der Waals surface area contributed by atoms with Crippen LogP contribution in [0.25, 0.3) is 11.3 Å². The van der Waals surface area contributed by atoms with Gasteiger partial charge in [-0.05, 0) is 12.3 Å². The van der Waals surface area contributed by atoms with Crippen LogP contribution in [0.5, 0.6) is 0 Å². The average Bonchev–Trinajstić information content (AvgIpc) is 2.83. The van der Waals surface area contributed by atoms with Crippen LogP contribution in [0.4, 0.5) is 0 Å². The SMILES string of the molecule is CCC(N)Cc1nc(-c2ccccc2)c(C(C)C)s1. The first-order valence-corrected chi connectivity index (χ1v) is 7.74. The molecule has 19 heavy (non-hydrogen) atoms. The summed E-state index contributed by atoms with van der Waals surface area (Å²) in [6.45, 7) is 6.58. The Morgan fingerprint density at radius 3 is 2.47 bits per heavy atom. The Kier molecular flexibility index (Phi) is 4.72. The van der Waals surface area contributed by atoms with Crippen molar-refractivity contribution in [3.05, 3.63) is 40.2 Å². The molecular formula is C16H22N2S. The maximum absolute atomic E-state index is 6.05. The van der Waals surface area contributed by atoms with Gasteiger partial charge < -0.3 is 5.73 Å². The average molecular weight is 274 g/mol. The van der Waals surface area contributed by atoms with E-state index < -0.39 is 0 Å². The number of hydrogen-bond donors (Lipinski definition) is 1. The molecule has 0 bridgehead atoms. The number of nitrogens with zero attached hydrogens (tertiary/aromatic N) is 1. The Balaban J connectivity index is 2.37. The fraction of sp³-hybridized carbons (Fsp3) is 0.438. The van der Waals surface area contributed by atoms with Gasteiger partial charge in [0.2, 0.25) is 0 Å². The second-order valence-corrected chi connectivity index (χ2v) is 6.33. The van der Waals surface area contributed by atoms with Gasteiger partial charge in [-0.25, -0.2) is 4.98 Å². The van der Waals surface area contributed by atoms with E-state index in [2.05, 4.69) is 45.0 Å². The van der Waals surface area contributed by atoms with Crippen molar-refractivity contribution in [1.82, 2.24) is 4.98 Å². The Bertz CT molecular complexity index is 517. The largest absolute Gasteiger partial charge is 0.327 e. The summed E-state index contributed by atoms with van der Waals surface area (Å²) < 4.78 is 0. The molecule has 0 fully saturated rings. The topological polar surface area (TPSA) is 38.9 Å². The number of nitrogens with two attached hydrogens (primary N) is 1. The van der Waals surface area contributed by atoms with E-state index in [1.54, 1.807) is 0 Å². The summed E-state index contributed by atoms with van der Waals surface area (Å²) in [5, 5.41) is 1.16. The summed E-state index contributed by atoms with van der Waals surface area (Å²) in [4.78, 5) is 6.19. The normalized spacial score (nSPS) is 12.9. The summed E-state index contributed by atoms with van der Waals surface area (Å²) in [5.41, 5.74) is 8.39. The zero-order valence-electron chi connectivity index (χ0n) is 11.9. The number of rotatable bonds is 5. The lowest BCUT2D eigenvalue weighted by Crippen LogP contribution is -2.21. The van der Waals surface area contributed by atoms with E-state index in [-0.39, 0.29) is 6.04 Å². The van der Waals surface area contributed by atoms with Crippen LogP contribution < -0.4 is 5.73 Å². The molecule has 1 unspecified atom stereocenters. The van der Waals surface area contributed by atoms with Crippen molar-refractivity contribution in [1.29, 1.82) is 0 Å². The zero-order valence-corrected chi connectivity index (χ0v) is 12.7. The highest BCUT2D eigenvalue weighted by atomic mass is 32.1. The fourth-order valence-electron chi connectivity index (χ4n) is 2.03. The van der Waals surface area contributed by atoms with E-state index in [0.717, 1.165) is 23.5 Å². The van der Waals surface area contributed by atoms with Gasteiger partial charge in [0, 0.05) is 22.9 Å². The molecule has 1 atom stereocenters. The third kappa shape index (κ3) is 3.43. The van der Waals surface area contributed by atoms with Crippen molar-refractivity contribution >= 4 is 11.3 Å². The van der Waals surface area contributed by atoms with Crippen molar-refractivity contribution in [2.45, 2.75) is 45.6 Å². The smallest absolute Gasteiger partial charge is 0.0951 e. The molecule has 0 saturated carbocycles. The van der Waals surface area contributed by atoms with Gasteiger partial charge in [-0.15, -0.1) is 11.3 Å². The second kappa shape index (κ2) is 6.31. The van der Waals surface area contributed by atoms with Crippen LogP contribution in [-0.4, -0.2) is 11.0 Å². The van der Waals surface area contributed by atoms with E-state index in [1.807, 2.05) is 17.4 Å². The highest BCUT2D eigenvalue weighted by Gasteiger charge is 2.16. The molecule has 3 heteroatoms. The van der Waals surface area contributed by atoms with E-state index in [4.69, 9.17) is 10.7 Å². The predicted molar refractivity (Wildman–Crippen MR) is 83.6 cm³/mol. The zero-order chi connectivity index (χ0) is 13.8. The minimum atomic E-state index is 0.217. The van der Waals surface area contributed by atoms with Crippen molar-refractivity contribution in [3.63, 3.8) is 0 Å². The summed E-state index contributed by atoms with van der Waals surface area (Å²) in [6.07, 6.45) is 1.88. The molecule has 2 nitrogen and oxygen atoms in total. The molecule has 0 aliphatic rings. The molecule has 0 amide bonds. The molecule has 2 rings (SSSR count). The lowest BCUT2D eigenvalue weighted by Gasteiger charge is -2.04. The van der Waals surface area contributed by atoms with E-state index in [9.17, 15) is 0 Å². The van der Waals surface area contributed by atoms with Crippen molar-refractivity contribution in [3.8, 4) is 11.3 Å². The lowest BCUT2D eigenvalue weighted by atomic mass is 10.1. The standard InChI is InChI=1S/C16H22N2S/c1-4-13(17)10-14-18-15(16(19-14)11(2)3)12-8-6-5-7-9-12/h5-9,11,13H,4,10,17H2,1-3H3. The minimum absolute atomic E-state index is 0.217. The highest BCUT2D eigenvalue weighted by Crippen LogP contribution is 2.34. The number of thiazole rings is 1. The highest BCUT2D eigenvalue weighted by molar-refractivity contribution is 7.12. The van der Waals surface area contributed by atoms with E-state index >= 15 is 0 Å². The van der Waals surface area contributed by atoms with E-state index in [1.165, 1.54) is 10.4 Å². The molecule has 0 saturated heterocycles. The predicted octanol–water partition coefficient (Wildman–Crippen LogP) is 4.21. The van der Waals surface area contributed by atoms with Crippen LogP contribution in [0.2, 0.25) is 0 Å². The monoisotopic (exact) mass is 274 g/mol. The van der Waals surface area contributed by atoms with Crippen molar-refractivity contribution < 1.29 is 0 Å². The number of benzene rings is 1. The molecule has 2 N–H and O–H groups in total. The Morgan fingerprint density at radius 2 is 1.89 bits per heavy atom. The van der Waals surface area contributed by atoms with Gasteiger partial charge in [0.15, 0.2) is 0 Å². The quantitative estimate of drug-likeness (QED) is 0.887. The fourth-order valence-corrected chi connectivity index (χ4v) is 3.21. The first kappa shape index (κ1) is 14.2. The Labute approximate surface area is 119 Å². The molecule has 0 spiro atoms. The number of aromatic nitrogens is 1. The maximum atomic E-state index is 6.05. The molecule has 1 heterocycles. The van der Waals surface area contributed by atoms with Crippen LogP contribution in [0.3, 0.4) is 0 Å². The number of hydrogen-bond acceptors (Lipinski definition) is 3. The Morgan fingerprint density at radius 1 is 1.21 bits per heavy atom. The van der Waals surface area contributed by atoms with Gasteiger partial charge in [-0.3, -0.25) is 0 Å². The van der Waals surface area contributed by atoms with Crippen molar-refractivity contribution in [2.24, 2.45) is 5.73 Å². The van der Waals surface area contributed by atoms with Gasteiger partial charge in [0.25, 0.3) is 0 Å². The van der Waals surface area contributed by atoms with Crippen LogP contribution in [0.15, 0.2) is 30.3 Å². The minimum Gasteiger partial charge on any atom is -0.327 e. The summed E-state index contributed by atoms with van der Waals surface area (Å²) in [7, 11) is 0. The summed E-state index contributed by atoms with van der Waals surface area (Å²) >= 11 is 1.82. The van der Waals surface area contributed by atoms with Crippen LogP contribution in [0, 0.1) is 0 Å². The molecule has 1 aromatic heterocycles. The van der Waals surface area contributed by atoms with Gasteiger partial charge >= 0.3 is 0 Å². The van der Waals surface area contributed by atoms with Gasteiger partial charge in [-0.1, -0.05) is 51.1 Å². The van der Waals surface area contributed by atoms with Crippen LogP contribution in [-0.2, 0) is 6.42 Å². The lowest BCUT2D eigenvalue weighted by molar-refractivity contribution is 0.644. The van der Waals surface area contributed by atoms with E-state index in [0.29, 0.717) is 5.92 Å². The third-order valence-electron chi connectivity index (χ3n) is 3.23. The third-order valence-corrected chi connectivity index (χ3v) is 4.61. The van der Waals surface area contributed by atoms with Crippen LogP contribution in [0.1, 0.15) is 43.0 Å². The van der Waals surface area contributed by atoms with Crippen molar-refractivity contribution in [2.75, 3.05) is 0 Å².